The van der Waals surface area contributed by atoms with E-state index in [9.17, 15) is 9.90 Å². The zero-order valence-electron chi connectivity index (χ0n) is 19.9. The van der Waals surface area contributed by atoms with Gasteiger partial charge in [-0.05, 0) is 61.9 Å². The molecule has 0 saturated carbocycles. The first-order chi connectivity index (χ1) is 16.4. The molecule has 7 heteroatoms. The van der Waals surface area contributed by atoms with Crippen LogP contribution in [0.15, 0.2) is 34.9 Å². The van der Waals surface area contributed by atoms with E-state index >= 15 is 0 Å². The molecule has 5 rings (SSSR count). The molecule has 1 aliphatic heterocycles. The van der Waals surface area contributed by atoms with Crippen molar-refractivity contribution in [2.45, 2.75) is 46.1 Å². The summed E-state index contributed by atoms with van der Waals surface area (Å²) in [5.41, 5.74) is 12.1. The molecule has 1 fully saturated rings. The van der Waals surface area contributed by atoms with E-state index in [0.717, 1.165) is 76.8 Å². The van der Waals surface area contributed by atoms with Crippen molar-refractivity contribution >= 4 is 27.7 Å². The minimum absolute atomic E-state index is 0.0208. The predicted octanol–water partition coefficient (Wildman–Crippen LogP) is 4.69. The Balaban J connectivity index is 1.83. The molecule has 4 aromatic rings. The second-order valence-corrected chi connectivity index (χ2v) is 9.51. The quantitative estimate of drug-likeness (QED) is 0.434. The van der Waals surface area contributed by atoms with Gasteiger partial charge in [-0.2, -0.15) is 0 Å². The van der Waals surface area contributed by atoms with Crippen LogP contribution >= 0.6 is 0 Å². The maximum atomic E-state index is 12.7. The monoisotopic (exact) mass is 461 g/mol. The fourth-order valence-electron chi connectivity index (χ4n) is 5.27. The average molecular weight is 462 g/mol. The molecular formula is C27H31N3O4. The molecule has 0 radical (unpaired) electrons. The number of aliphatic hydroxyl groups is 1. The number of aliphatic hydroxyl groups excluding tert-OH is 1. The van der Waals surface area contributed by atoms with Crippen molar-refractivity contribution in [3.05, 3.63) is 52.9 Å². The third-order valence-corrected chi connectivity index (χ3v) is 7.20. The highest BCUT2D eigenvalue weighted by Crippen LogP contribution is 2.39. The van der Waals surface area contributed by atoms with Crippen LogP contribution in [0.4, 0.5) is 0 Å². The van der Waals surface area contributed by atoms with Crippen LogP contribution < -0.4 is 5.73 Å². The number of primary amides is 1. The third kappa shape index (κ3) is 3.79. The van der Waals surface area contributed by atoms with E-state index in [1.165, 1.54) is 0 Å². The van der Waals surface area contributed by atoms with Crippen LogP contribution in [0.2, 0.25) is 0 Å². The number of rotatable bonds is 6. The third-order valence-electron chi connectivity index (χ3n) is 7.20. The van der Waals surface area contributed by atoms with E-state index in [0.29, 0.717) is 17.2 Å². The molecule has 1 saturated heterocycles. The Morgan fingerprint density at radius 2 is 1.97 bits per heavy atom. The maximum absolute atomic E-state index is 12.7. The van der Waals surface area contributed by atoms with E-state index in [1.807, 2.05) is 32.9 Å². The molecule has 0 spiro atoms. The fourth-order valence-corrected chi connectivity index (χ4v) is 5.27. The Morgan fingerprint density at radius 3 is 2.62 bits per heavy atom. The Kier molecular flexibility index (Phi) is 5.91. The van der Waals surface area contributed by atoms with E-state index < -0.39 is 5.91 Å². The van der Waals surface area contributed by atoms with Crippen LogP contribution in [0, 0.1) is 19.8 Å². The molecule has 0 aliphatic carbocycles. The lowest BCUT2D eigenvalue weighted by Gasteiger charge is -2.23. The molecule has 3 N–H and O–H groups in total. The summed E-state index contributed by atoms with van der Waals surface area (Å²) in [6, 6.07) is 10.2. The molecule has 0 bridgehead atoms. The van der Waals surface area contributed by atoms with Gasteiger partial charge in [-0.15, -0.1) is 0 Å². The highest BCUT2D eigenvalue weighted by atomic mass is 16.5. The fraction of sp³-hybridized carbons (Fsp3) is 0.407. The Morgan fingerprint density at radius 1 is 1.21 bits per heavy atom. The van der Waals surface area contributed by atoms with Gasteiger partial charge in [0.05, 0.1) is 11.2 Å². The molecule has 178 valence electrons. The van der Waals surface area contributed by atoms with E-state index in [2.05, 4.69) is 27.9 Å². The number of ether oxygens (including phenoxy) is 1. The molecule has 7 nitrogen and oxygen atoms in total. The zero-order chi connectivity index (χ0) is 24.0. The van der Waals surface area contributed by atoms with E-state index in [-0.39, 0.29) is 12.5 Å². The van der Waals surface area contributed by atoms with Gasteiger partial charge in [0.15, 0.2) is 0 Å². The van der Waals surface area contributed by atoms with Crippen molar-refractivity contribution in [1.29, 1.82) is 0 Å². The number of carbonyl (C=O) groups excluding carboxylic acids is 1. The number of amides is 1. The number of aryl methyl sites for hydroxylation is 2. The molecule has 2 aromatic heterocycles. The summed E-state index contributed by atoms with van der Waals surface area (Å²) in [6.45, 7) is 8.23. The van der Waals surface area contributed by atoms with Crippen molar-refractivity contribution in [3.8, 4) is 11.1 Å². The van der Waals surface area contributed by atoms with Crippen LogP contribution in [-0.4, -0.2) is 40.6 Å². The lowest BCUT2D eigenvalue weighted by molar-refractivity contribution is 0.0620. The molecule has 1 aliphatic rings. The summed E-state index contributed by atoms with van der Waals surface area (Å²) < 4.78 is 13.3. The van der Waals surface area contributed by atoms with Crippen molar-refractivity contribution in [2.75, 3.05) is 19.8 Å². The largest absolute Gasteiger partial charge is 0.396 e. The van der Waals surface area contributed by atoms with Gasteiger partial charge in [-0.1, -0.05) is 24.2 Å². The lowest BCUT2D eigenvalue weighted by atomic mass is 9.96. The Labute approximate surface area is 198 Å². The van der Waals surface area contributed by atoms with Gasteiger partial charge in [-0.3, -0.25) is 4.79 Å². The summed E-state index contributed by atoms with van der Waals surface area (Å²) in [4.78, 5) is 12.7. The number of aromatic nitrogens is 2. The van der Waals surface area contributed by atoms with Crippen LogP contribution in [-0.2, 0) is 11.3 Å². The molecule has 3 heterocycles. The van der Waals surface area contributed by atoms with E-state index in [1.54, 1.807) is 0 Å². The standard InChI is InChI=1S/C27H31N3O4/c1-15(14-31)19-4-5-21-23(11-19)30(13-18-6-8-33-9-7-18)24-12-20(10-22(26(21)24)27(28)32)25-16(2)29-34-17(25)3/h4-5,10-12,15,18,31H,6-9,13-14H2,1-3H3,(H2,28,32). The molecular weight excluding hydrogens is 430 g/mol. The van der Waals surface area contributed by atoms with E-state index in [4.69, 9.17) is 15.0 Å². The van der Waals surface area contributed by atoms with Gasteiger partial charge in [0.1, 0.15) is 5.76 Å². The summed E-state index contributed by atoms with van der Waals surface area (Å²) in [5.74, 6) is 0.744. The first-order valence-corrected chi connectivity index (χ1v) is 11.9. The second kappa shape index (κ2) is 8.89. The van der Waals surface area contributed by atoms with Crippen LogP contribution in [0.25, 0.3) is 32.9 Å². The first-order valence-electron chi connectivity index (χ1n) is 11.9. The van der Waals surface area contributed by atoms with Gasteiger partial charge in [0.2, 0.25) is 5.91 Å². The summed E-state index contributed by atoms with van der Waals surface area (Å²) >= 11 is 0. The van der Waals surface area contributed by atoms with Crippen LogP contribution in [0.5, 0.6) is 0 Å². The van der Waals surface area contributed by atoms with Crippen molar-refractivity contribution in [1.82, 2.24) is 9.72 Å². The normalized spacial score (nSPS) is 15.9. The van der Waals surface area contributed by atoms with Crippen molar-refractivity contribution < 1.29 is 19.2 Å². The summed E-state index contributed by atoms with van der Waals surface area (Å²) in [6.07, 6.45) is 2.00. The predicted molar refractivity (Wildman–Crippen MR) is 132 cm³/mol. The summed E-state index contributed by atoms with van der Waals surface area (Å²) in [5, 5.41) is 15.7. The number of hydrogen-bond acceptors (Lipinski definition) is 5. The number of hydrogen-bond donors (Lipinski definition) is 2. The maximum Gasteiger partial charge on any atom is 0.249 e. The van der Waals surface area contributed by atoms with Gasteiger partial charge >= 0.3 is 0 Å². The smallest absolute Gasteiger partial charge is 0.249 e. The number of benzene rings is 2. The van der Waals surface area contributed by atoms with Gasteiger partial charge in [0, 0.05) is 59.7 Å². The lowest BCUT2D eigenvalue weighted by Crippen LogP contribution is -2.20. The highest BCUT2D eigenvalue weighted by molar-refractivity contribution is 6.19. The van der Waals surface area contributed by atoms with Crippen molar-refractivity contribution in [3.63, 3.8) is 0 Å². The topological polar surface area (TPSA) is 104 Å². The zero-order valence-corrected chi connectivity index (χ0v) is 19.9. The minimum Gasteiger partial charge on any atom is -0.396 e. The number of nitrogens with two attached hydrogens (primary N) is 1. The average Bonchev–Trinajstić information content (AvgIpc) is 3.34. The van der Waals surface area contributed by atoms with Crippen molar-refractivity contribution in [2.24, 2.45) is 11.7 Å². The Hall–Kier alpha value is -3.16. The molecule has 2 aromatic carbocycles. The SMILES string of the molecule is Cc1noc(C)c1-c1cc(C(N)=O)c2c3ccc(C(C)CO)cc3n(CC3CCOCC3)c2c1. The number of carbonyl (C=O) groups is 1. The highest BCUT2D eigenvalue weighted by Gasteiger charge is 2.24. The minimum atomic E-state index is -0.462. The number of nitrogens with zero attached hydrogens (tertiary/aromatic N) is 2. The first kappa shape index (κ1) is 22.6. The molecule has 1 unspecified atom stereocenters. The van der Waals surface area contributed by atoms with Gasteiger partial charge < -0.3 is 24.7 Å². The molecule has 1 amide bonds. The summed E-state index contributed by atoms with van der Waals surface area (Å²) in [7, 11) is 0. The Bertz CT molecular complexity index is 1360. The van der Waals surface area contributed by atoms with Gasteiger partial charge in [0.25, 0.3) is 0 Å². The van der Waals surface area contributed by atoms with Gasteiger partial charge in [-0.25, -0.2) is 0 Å². The van der Waals surface area contributed by atoms with Crippen LogP contribution in [0.3, 0.4) is 0 Å². The second-order valence-electron chi connectivity index (χ2n) is 9.51. The van der Waals surface area contributed by atoms with Crippen LogP contribution in [0.1, 0.15) is 53.1 Å². The molecule has 1 atom stereocenters. The molecule has 34 heavy (non-hydrogen) atoms. The number of fused-ring (bicyclic) bond motifs is 3.